The zero-order valence-electron chi connectivity index (χ0n) is 11.1. The summed E-state index contributed by atoms with van der Waals surface area (Å²) < 4.78 is 0. The molecule has 1 aliphatic carbocycles. The zero-order chi connectivity index (χ0) is 13.1. The SMILES string of the molecule is O=C(NC1CC1)c1ccc(NC2CCCNC2)cc1. The largest absolute Gasteiger partial charge is 0.381 e. The Bertz CT molecular complexity index is 433. The predicted molar refractivity (Wildman–Crippen MR) is 76.4 cm³/mol. The number of benzene rings is 1. The van der Waals surface area contributed by atoms with Crippen LogP contribution in [-0.4, -0.2) is 31.1 Å². The number of carbonyl (C=O) groups is 1. The normalized spacial score (nSPS) is 22.8. The van der Waals surface area contributed by atoms with Crippen LogP contribution in [0, 0.1) is 0 Å². The van der Waals surface area contributed by atoms with Crippen LogP contribution in [0.2, 0.25) is 0 Å². The smallest absolute Gasteiger partial charge is 0.251 e. The molecule has 1 aromatic rings. The summed E-state index contributed by atoms with van der Waals surface area (Å²) in [7, 11) is 0. The van der Waals surface area contributed by atoms with Crippen molar-refractivity contribution in [1.82, 2.24) is 10.6 Å². The fourth-order valence-electron chi connectivity index (χ4n) is 2.42. The summed E-state index contributed by atoms with van der Waals surface area (Å²) >= 11 is 0. The minimum atomic E-state index is 0.0494. The number of hydrogen-bond acceptors (Lipinski definition) is 3. The molecule has 102 valence electrons. The fraction of sp³-hybridized carbons (Fsp3) is 0.533. The first-order chi connectivity index (χ1) is 9.31. The van der Waals surface area contributed by atoms with Crippen LogP contribution in [0.4, 0.5) is 5.69 Å². The third-order valence-corrected chi connectivity index (χ3v) is 3.73. The molecular weight excluding hydrogens is 238 g/mol. The molecule has 1 aromatic carbocycles. The van der Waals surface area contributed by atoms with E-state index in [0.717, 1.165) is 37.2 Å². The Labute approximate surface area is 114 Å². The molecule has 4 heteroatoms. The third kappa shape index (κ3) is 3.47. The van der Waals surface area contributed by atoms with Crippen LogP contribution in [0.3, 0.4) is 0 Å². The highest BCUT2D eigenvalue weighted by Crippen LogP contribution is 2.20. The maximum absolute atomic E-state index is 11.9. The highest BCUT2D eigenvalue weighted by molar-refractivity contribution is 5.94. The van der Waals surface area contributed by atoms with Crippen molar-refractivity contribution in [3.8, 4) is 0 Å². The molecule has 0 radical (unpaired) electrons. The van der Waals surface area contributed by atoms with Crippen LogP contribution in [-0.2, 0) is 0 Å². The standard InChI is InChI=1S/C15H21N3O/c19-15(18-13-7-8-13)11-3-5-12(6-4-11)17-14-2-1-9-16-10-14/h3-6,13-14,16-17H,1-2,7-10H2,(H,18,19). The molecule has 0 spiro atoms. The van der Waals surface area contributed by atoms with Gasteiger partial charge >= 0.3 is 0 Å². The second-order valence-corrected chi connectivity index (χ2v) is 5.51. The number of rotatable bonds is 4. The Morgan fingerprint density at radius 2 is 1.89 bits per heavy atom. The van der Waals surface area contributed by atoms with E-state index in [1.165, 1.54) is 12.8 Å². The number of amides is 1. The van der Waals surface area contributed by atoms with Crippen molar-refractivity contribution >= 4 is 11.6 Å². The van der Waals surface area contributed by atoms with E-state index < -0.39 is 0 Å². The molecular formula is C15H21N3O. The van der Waals surface area contributed by atoms with Gasteiger partial charge in [-0.25, -0.2) is 0 Å². The summed E-state index contributed by atoms with van der Waals surface area (Å²) in [5, 5.41) is 9.89. The van der Waals surface area contributed by atoms with Crippen LogP contribution in [0.1, 0.15) is 36.0 Å². The molecule has 3 rings (SSSR count). The third-order valence-electron chi connectivity index (χ3n) is 3.73. The molecule has 1 saturated heterocycles. The van der Waals surface area contributed by atoms with Crippen molar-refractivity contribution in [2.75, 3.05) is 18.4 Å². The van der Waals surface area contributed by atoms with Crippen LogP contribution in [0.5, 0.6) is 0 Å². The van der Waals surface area contributed by atoms with Gasteiger partial charge in [0.05, 0.1) is 0 Å². The average molecular weight is 259 g/mol. The lowest BCUT2D eigenvalue weighted by molar-refractivity contribution is 0.0951. The van der Waals surface area contributed by atoms with Gasteiger partial charge < -0.3 is 16.0 Å². The van der Waals surface area contributed by atoms with Crippen molar-refractivity contribution in [2.24, 2.45) is 0 Å². The number of hydrogen-bond donors (Lipinski definition) is 3. The van der Waals surface area contributed by atoms with E-state index >= 15 is 0 Å². The molecule has 19 heavy (non-hydrogen) atoms. The zero-order valence-corrected chi connectivity index (χ0v) is 11.1. The van der Waals surface area contributed by atoms with Gasteiger partial charge in [0.1, 0.15) is 0 Å². The van der Waals surface area contributed by atoms with Crippen molar-refractivity contribution in [3.05, 3.63) is 29.8 Å². The van der Waals surface area contributed by atoms with Crippen LogP contribution in [0.15, 0.2) is 24.3 Å². The number of piperidine rings is 1. The lowest BCUT2D eigenvalue weighted by atomic mass is 10.1. The molecule has 1 amide bonds. The summed E-state index contributed by atoms with van der Waals surface area (Å²) in [5.74, 6) is 0.0494. The van der Waals surface area contributed by atoms with Gasteiger partial charge in [-0.15, -0.1) is 0 Å². The fourth-order valence-corrected chi connectivity index (χ4v) is 2.42. The van der Waals surface area contributed by atoms with E-state index in [-0.39, 0.29) is 5.91 Å². The molecule has 2 fully saturated rings. The lowest BCUT2D eigenvalue weighted by Crippen LogP contribution is -2.38. The average Bonchev–Trinajstić information content (AvgIpc) is 3.25. The number of carbonyl (C=O) groups excluding carboxylic acids is 1. The molecule has 4 nitrogen and oxygen atoms in total. The van der Waals surface area contributed by atoms with E-state index in [0.29, 0.717) is 12.1 Å². The van der Waals surface area contributed by atoms with Crippen molar-refractivity contribution in [1.29, 1.82) is 0 Å². The quantitative estimate of drug-likeness (QED) is 0.772. The molecule has 1 saturated carbocycles. The second kappa shape index (κ2) is 5.61. The van der Waals surface area contributed by atoms with Gasteiger partial charge in [-0.3, -0.25) is 4.79 Å². The lowest BCUT2D eigenvalue weighted by Gasteiger charge is -2.24. The number of nitrogens with one attached hydrogen (secondary N) is 3. The monoisotopic (exact) mass is 259 g/mol. The molecule has 3 N–H and O–H groups in total. The summed E-state index contributed by atoms with van der Waals surface area (Å²) in [6, 6.07) is 8.71. The van der Waals surface area contributed by atoms with Crippen LogP contribution >= 0.6 is 0 Å². The van der Waals surface area contributed by atoms with Crippen LogP contribution in [0.25, 0.3) is 0 Å². The van der Waals surface area contributed by atoms with Crippen molar-refractivity contribution in [2.45, 2.75) is 37.8 Å². The van der Waals surface area contributed by atoms with Crippen molar-refractivity contribution < 1.29 is 4.79 Å². The predicted octanol–water partition coefficient (Wildman–Crippen LogP) is 1.74. The summed E-state index contributed by atoms with van der Waals surface area (Å²) in [6.45, 7) is 2.14. The Balaban J connectivity index is 1.56. The minimum Gasteiger partial charge on any atom is -0.381 e. The minimum absolute atomic E-state index is 0.0494. The number of anilines is 1. The van der Waals surface area contributed by atoms with Gasteiger partial charge in [-0.2, -0.15) is 0 Å². The molecule has 1 aliphatic heterocycles. The molecule has 2 aliphatic rings. The summed E-state index contributed by atoms with van der Waals surface area (Å²) in [4.78, 5) is 11.9. The van der Waals surface area contributed by atoms with Gasteiger partial charge in [0.25, 0.3) is 5.91 Å². The van der Waals surface area contributed by atoms with E-state index in [2.05, 4.69) is 16.0 Å². The topological polar surface area (TPSA) is 53.2 Å². The van der Waals surface area contributed by atoms with E-state index in [1.54, 1.807) is 0 Å². The maximum atomic E-state index is 11.9. The first-order valence-electron chi connectivity index (χ1n) is 7.19. The second-order valence-electron chi connectivity index (χ2n) is 5.51. The van der Waals surface area contributed by atoms with Gasteiger partial charge in [0.2, 0.25) is 0 Å². The molecule has 1 atom stereocenters. The Morgan fingerprint density at radius 1 is 1.11 bits per heavy atom. The molecule has 0 aromatic heterocycles. The van der Waals surface area contributed by atoms with Gasteiger partial charge in [0, 0.05) is 29.9 Å². The Morgan fingerprint density at radius 3 is 2.53 bits per heavy atom. The Hall–Kier alpha value is -1.55. The highest BCUT2D eigenvalue weighted by atomic mass is 16.1. The molecule has 1 unspecified atom stereocenters. The van der Waals surface area contributed by atoms with Crippen molar-refractivity contribution in [3.63, 3.8) is 0 Å². The molecule has 0 bridgehead atoms. The Kier molecular flexibility index (Phi) is 3.69. The summed E-state index contributed by atoms with van der Waals surface area (Å²) in [5.41, 5.74) is 1.84. The maximum Gasteiger partial charge on any atom is 0.251 e. The van der Waals surface area contributed by atoms with E-state index in [4.69, 9.17) is 0 Å². The van der Waals surface area contributed by atoms with E-state index in [9.17, 15) is 4.79 Å². The first kappa shape index (κ1) is 12.5. The van der Waals surface area contributed by atoms with Gasteiger partial charge in [-0.1, -0.05) is 0 Å². The summed E-state index contributed by atoms with van der Waals surface area (Å²) in [6.07, 6.45) is 4.68. The van der Waals surface area contributed by atoms with Gasteiger partial charge in [0.15, 0.2) is 0 Å². The molecule has 1 heterocycles. The van der Waals surface area contributed by atoms with Crippen LogP contribution < -0.4 is 16.0 Å². The van der Waals surface area contributed by atoms with Gasteiger partial charge in [-0.05, 0) is 56.5 Å². The van der Waals surface area contributed by atoms with E-state index in [1.807, 2.05) is 24.3 Å². The highest BCUT2D eigenvalue weighted by Gasteiger charge is 2.23. The first-order valence-corrected chi connectivity index (χ1v) is 7.19.